The smallest absolute Gasteiger partial charge is 0.349 e. The first-order chi connectivity index (χ1) is 11.2. The van der Waals surface area contributed by atoms with Crippen molar-refractivity contribution in [3.63, 3.8) is 0 Å². The van der Waals surface area contributed by atoms with Crippen LogP contribution in [0.5, 0.6) is 5.75 Å². The maximum atomic E-state index is 11.5. The Morgan fingerprint density at radius 2 is 1.61 bits per heavy atom. The first kappa shape index (κ1) is 15.4. The number of nitrogens with zero attached hydrogens (tertiary/aromatic N) is 1. The monoisotopic (exact) mass is 311 g/mol. The Bertz CT molecular complexity index is 633. The maximum absolute atomic E-state index is 11.5. The van der Waals surface area contributed by atoms with E-state index >= 15 is 0 Å². The number of carboxylic acid groups (broad SMARTS) is 1. The van der Waals surface area contributed by atoms with Crippen molar-refractivity contribution in [2.24, 2.45) is 0 Å². The second-order valence-electron chi connectivity index (χ2n) is 5.79. The summed E-state index contributed by atoms with van der Waals surface area (Å²) in [5, 5.41) is 9.41. The van der Waals surface area contributed by atoms with Crippen molar-refractivity contribution in [1.29, 1.82) is 0 Å². The number of carbonyl (C=O) groups is 1. The molecule has 0 saturated carbocycles. The fourth-order valence-electron chi connectivity index (χ4n) is 2.91. The van der Waals surface area contributed by atoms with Crippen LogP contribution in [0.15, 0.2) is 54.6 Å². The topological polar surface area (TPSA) is 49.8 Å². The molecule has 23 heavy (non-hydrogen) atoms. The minimum Gasteiger partial charge on any atom is -0.478 e. The van der Waals surface area contributed by atoms with Crippen molar-refractivity contribution in [3.8, 4) is 5.75 Å². The second kappa shape index (κ2) is 7.18. The van der Waals surface area contributed by atoms with Crippen LogP contribution < -0.4 is 9.64 Å². The first-order valence-corrected chi connectivity index (χ1v) is 8.03. The highest BCUT2D eigenvalue weighted by atomic mass is 16.5. The van der Waals surface area contributed by atoms with Crippen molar-refractivity contribution in [2.75, 3.05) is 18.0 Å². The van der Waals surface area contributed by atoms with Crippen LogP contribution in [0.1, 0.15) is 30.9 Å². The van der Waals surface area contributed by atoms with E-state index in [1.807, 2.05) is 42.5 Å². The predicted octanol–water partition coefficient (Wildman–Crippen LogP) is 3.88. The lowest BCUT2D eigenvalue weighted by Crippen LogP contribution is -2.29. The third-order valence-electron chi connectivity index (χ3n) is 4.14. The summed E-state index contributed by atoms with van der Waals surface area (Å²) in [5.41, 5.74) is 1.81. The quantitative estimate of drug-likeness (QED) is 0.910. The molecule has 2 aromatic carbocycles. The third-order valence-corrected chi connectivity index (χ3v) is 4.14. The van der Waals surface area contributed by atoms with E-state index in [2.05, 4.69) is 4.90 Å². The van der Waals surface area contributed by atoms with Gasteiger partial charge in [0.05, 0.1) is 0 Å². The van der Waals surface area contributed by atoms with Gasteiger partial charge in [-0.05, 0) is 43.5 Å². The zero-order valence-electron chi connectivity index (χ0n) is 13.0. The van der Waals surface area contributed by atoms with Crippen LogP contribution >= 0.6 is 0 Å². The van der Waals surface area contributed by atoms with E-state index in [4.69, 9.17) is 4.74 Å². The molecule has 0 aliphatic carbocycles. The Morgan fingerprint density at radius 3 is 2.22 bits per heavy atom. The average molecular weight is 311 g/mol. The van der Waals surface area contributed by atoms with Crippen molar-refractivity contribution in [1.82, 2.24) is 0 Å². The highest BCUT2D eigenvalue weighted by molar-refractivity contribution is 5.74. The van der Waals surface area contributed by atoms with Gasteiger partial charge in [-0.25, -0.2) is 4.79 Å². The molecule has 1 fully saturated rings. The van der Waals surface area contributed by atoms with E-state index < -0.39 is 12.1 Å². The molecule has 0 spiro atoms. The van der Waals surface area contributed by atoms with Crippen LogP contribution in [0.4, 0.5) is 5.69 Å². The van der Waals surface area contributed by atoms with Gasteiger partial charge in [-0.1, -0.05) is 30.3 Å². The summed E-state index contributed by atoms with van der Waals surface area (Å²) >= 11 is 0. The zero-order valence-corrected chi connectivity index (χ0v) is 13.0. The van der Waals surface area contributed by atoms with Crippen molar-refractivity contribution in [2.45, 2.75) is 25.4 Å². The Balaban J connectivity index is 1.72. The van der Waals surface area contributed by atoms with Gasteiger partial charge in [0, 0.05) is 24.3 Å². The summed E-state index contributed by atoms with van der Waals surface area (Å²) in [6.45, 7) is 2.17. The van der Waals surface area contributed by atoms with Crippen LogP contribution in [-0.4, -0.2) is 24.2 Å². The molecule has 1 aliphatic heterocycles. The second-order valence-corrected chi connectivity index (χ2v) is 5.79. The number of hydrogen-bond donors (Lipinski definition) is 1. The van der Waals surface area contributed by atoms with E-state index in [1.165, 1.54) is 24.9 Å². The Hall–Kier alpha value is -2.49. The van der Waals surface area contributed by atoms with E-state index in [9.17, 15) is 9.90 Å². The molecule has 1 saturated heterocycles. The number of anilines is 1. The Kier molecular flexibility index (Phi) is 4.81. The highest BCUT2D eigenvalue weighted by Crippen LogP contribution is 2.26. The molecule has 1 N–H and O–H groups in total. The van der Waals surface area contributed by atoms with Gasteiger partial charge in [-0.2, -0.15) is 0 Å². The molecule has 1 aliphatic rings. The van der Waals surface area contributed by atoms with E-state index in [0.29, 0.717) is 11.3 Å². The lowest BCUT2D eigenvalue weighted by atomic mass is 10.1. The molecular weight excluding hydrogens is 290 g/mol. The molecule has 1 atom stereocenters. The van der Waals surface area contributed by atoms with Crippen LogP contribution in [0.2, 0.25) is 0 Å². The third kappa shape index (κ3) is 3.83. The fraction of sp³-hybridized carbons (Fsp3) is 0.316. The van der Waals surface area contributed by atoms with Gasteiger partial charge in [-0.15, -0.1) is 0 Å². The van der Waals surface area contributed by atoms with E-state index in [0.717, 1.165) is 13.1 Å². The molecule has 4 heteroatoms. The van der Waals surface area contributed by atoms with Gasteiger partial charge in [-0.3, -0.25) is 0 Å². The molecule has 4 nitrogen and oxygen atoms in total. The summed E-state index contributed by atoms with van der Waals surface area (Å²) < 4.78 is 5.69. The highest BCUT2D eigenvalue weighted by Gasteiger charge is 2.21. The van der Waals surface area contributed by atoms with Crippen LogP contribution in [-0.2, 0) is 4.79 Å². The molecule has 0 radical (unpaired) electrons. The van der Waals surface area contributed by atoms with E-state index in [-0.39, 0.29) is 0 Å². The molecule has 0 aromatic heterocycles. The number of aliphatic carboxylic acids is 1. The number of benzene rings is 2. The molecule has 120 valence electrons. The van der Waals surface area contributed by atoms with Crippen LogP contribution in [0, 0.1) is 0 Å². The number of hydrogen-bond acceptors (Lipinski definition) is 3. The molecule has 2 aromatic rings. The van der Waals surface area contributed by atoms with Crippen LogP contribution in [0.25, 0.3) is 0 Å². The predicted molar refractivity (Wildman–Crippen MR) is 90.0 cm³/mol. The molecule has 0 amide bonds. The Labute approximate surface area is 136 Å². The minimum atomic E-state index is -0.990. The SMILES string of the molecule is O=C(O)C(Oc1ccc(N2CCCCC2)cc1)c1ccccc1. The summed E-state index contributed by atoms with van der Waals surface area (Å²) in [6.07, 6.45) is 2.77. The zero-order chi connectivity index (χ0) is 16.1. The minimum absolute atomic E-state index is 0.571. The molecule has 0 bridgehead atoms. The number of piperidine rings is 1. The normalized spacial score (nSPS) is 15.9. The van der Waals surface area contributed by atoms with Gasteiger partial charge in [0.25, 0.3) is 0 Å². The van der Waals surface area contributed by atoms with Crippen molar-refractivity contribution in [3.05, 3.63) is 60.2 Å². The van der Waals surface area contributed by atoms with Crippen LogP contribution in [0.3, 0.4) is 0 Å². The lowest BCUT2D eigenvalue weighted by molar-refractivity contribution is -0.145. The molecule has 1 unspecified atom stereocenters. The van der Waals surface area contributed by atoms with Gasteiger partial charge >= 0.3 is 5.97 Å². The van der Waals surface area contributed by atoms with Gasteiger partial charge < -0.3 is 14.7 Å². The van der Waals surface area contributed by atoms with Gasteiger partial charge in [0.15, 0.2) is 0 Å². The lowest BCUT2D eigenvalue weighted by Gasteiger charge is -2.29. The number of ether oxygens (including phenoxy) is 1. The average Bonchev–Trinajstić information content (AvgIpc) is 2.61. The summed E-state index contributed by atoms with van der Waals surface area (Å²) in [7, 11) is 0. The standard InChI is InChI=1S/C19H21NO3/c21-19(22)18(15-7-3-1-4-8-15)23-17-11-9-16(10-12-17)20-13-5-2-6-14-20/h1,3-4,7-12,18H,2,5-6,13-14H2,(H,21,22). The largest absolute Gasteiger partial charge is 0.478 e. The number of rotatable bonds is 5. The van der Waals surface area contributed by atoms with Crippen molar-refractivity contribution >= 4 is 11.7 Å². The van der Waals surface area contributed by atoms with E-state index in [1.54, 1.807) is 12.1 Å². The maximum Gasteiger partial charge on any atom is 0.349 e. The Morgan fingerprint density at radius 1 is 0.957 bits per heavy atom. The molecular formula is C19H21NO3. The van der Waals surface area contributed by atoms with Gasteiger partial charge in [0.1, 0.15) is 5.75 Å². The van der Waals surface area contributed by atoms with Crippen molar-refractivity contribution < 1.29 is 14.6 Å². The molecule has 1 heterocycles. The summed E-state index contributed by atoms with van der Waals surface area (Å²) in [6, 6.07) is 16.7. The summed E-state index contributed by atoms with van der Waals surface area (Å²) in [5.74, 6) is -0.418. The molecule has 3 rings (SSSR count). The van der Waals surface area contributed by atoms with Gasteiger partial charge in [0.2, 0.25) is 6.10 Å². The fourth-order valence-corrected chi connectivity index (χ4v) is 2.91. The summed E-state index contributed by atoms with van der Waals surface area (Å²) in [4.78, 5) is 13.8. The number of carboxylic acids is 1. The first-order valence-electron chi connectivity index (χ1n) is 8.03.